The second-order valence-electron chi connectivity index (χ2n) is 8.33. The highest BCUT2D eigenvalue weighted by Crippen LogP contribution is 2.23. The zero-order chi connectivity index (χ0) is 21.9. The number of rotatable bonds is 4. The van der Waals surface area contributed by atoms with E-state index in [1.54, 1.807) is 24.3 Å². The molecule has 1 aromatic heterocycles. The maximum atomic E-state index is 12.8. The molecule has 2 saturated heterocycles. The standard InChI is InChI=1S/C25H26ClN5O/c26-21-8-6-20(7-9-21)24(32)31-13-11-22(18-31)29-14-16-30(17-15-29)25-27-12-10-23(28-25)19-4-2-1-3-5-19/h1-10,12,22H,11,13-18H2. The molecule has 0 aliphatic carbocycles. The van der Waals surface area contributed by atoms with Crippen LogP contribution in [0.2, 0.25) is 5.02 Å². The van der Waals surface area contributed by atoms with Crippen molar-refractivity contribution in [1.82, 2.24) is 19.8 Å². The van der Waals surface area contributed by atoms with Gasteiger partial charge in [-0.05, 0) is 36.8 Å². The predicted molar refractivity (Wildman–Crippen MR) is 127 cm³/mol. The number of amides is 1. The average molecular weight is 448 g/mol. The second-order valence-corrected chi connectivity index (χ2v) is 8.77. The Kier molecular flexibility index (Phi) is 6.06. The summed E-state index contributed by atoms with van der Waals surface area (Å²) in [6.45, 7) is 5.26. The van der Waals surface area contributed by atoms with Gasteiger partial charge in [0, 0.05) is 67.7 Å². The van der Waals surface area contributed by atoms with Crippen LogP contribution in [0.4, 0.5) is 5.95 Å². The van der Waals surface area contributed by atoms with Gasteiger partial charge in [0.05, 0.1) is 5.69 Å². The Morgan fingerprint density at radius 1 is 0.906 bits per heavy atom. The van der Waals surface area contributed by atoms with Crippen molar-refractivity contribution >= 4 is 23.5 Å². The van der Waals surface area contributed by atoms with Gasteiger partial charge in [-0.25, -0.2) is 9.97 Å². The van der Waals surface area contributed by atoms with Gasteiger partial charge in [0.2, 0.25) is 5.95 Å². The monoisotopic (exact) mass is 447 g/mol. The van der Waals surface area contributed by atoms with E-state index in [-0.39, 0.29) is 5.91 Å². The topological polar surface area (TPSA) is 52.6 Å². The summed E-state index contributed by atoms with van der Waals surface area (Å²) < 4.78 is 0. The van der Waals surface area contributed by atoms with E-state index in [0.29, 0.717) is 16.6 Å². The highest BCUT2D eigenvalue weighted by atomic mass is 35.5. The number of hydrogen-bond donors (Lipinski definition) is 0. The first-order chi connectivity index (χ1) is 15.7. The van der Waals surface area contributed by atoms with Crippen molar-refractivity contribution in [2.24, 2.45) is 0 Å². The quantitative estimate of drug-likeness (QED) is 0.608. The highest BCUT2D eigenvalue weighted by molar-refractivity contribution is 6.30. The Hall–Kier alpha value is -2.96. The maximum absolute atomic E-state index is 12.8. The molecule has 2 aromatic carbocycles. The first kappa shape index (κ1) is 20.9. The molecule has 2 aliphatic heterocycles. The predicted octanol–water partition coefficient (Wildman–Crippen LogP) is 3.83. The van der Waals surface area contributed by atoms with E-state index in [0.717, 1.165) is 62.9 Å². The van der Waals surface area contributed by atoms with Gasteiger partial charge in [-0.1, -0.05) is 41.9 Å². The summed E-state index contributed by atoms with van der Waals surface area (Å²) in [4.78, 5) is 28.9. The molecule has 3 heterocycles. The van der Waals surface area contributed by atoms with Gasteiger partial charge >= 0.3 is 0 Å². The number of carbonyl (C=O) groups excluding carboxylic acids is 1. The number of carbonyl (C=O) groups is 1. The van der Waals surface area contributed by atoms with Crippen LogP contribution >= 0.6 is 11.6 Å². The molecule has 5 rings (SSSR count). The van der Waals surface area contributed by atoms with Crippen LogP contribution in [0.25, 0.3) is 11.3 Å². The Labute approximate surface area is 193 Å². The third kappa shape index (κ3) is 4.47. The molecular weight excluding hydrogens is 422 g/mol. The number of hydrogen-bond acceptors (Lipinski definition) is 5. The molecule has 0 spiro atoms. The fraction of sp³-hybridized carbons (Fsp3) is 0.320. The molecule has 32 heavy (non-hydrogen) atoms. The fourth-order valence-corrected chi connectivity index (χ4v) is 4.68. The fourth-order valence-electron chi connectivity index (χ4n) is 4.56. The van der Waals surface area contributed by atoms with Gasteiger partial charge in [0.1, 0.15) is 0 Å². The minimum atomic E-state index is 0.0916. The van der Waals surface area contributed by atoms with Crippen molar-refractivity contribution in [2.75, 3.05) is 44.2 Å². The number of likely N-dealkylation sites (tertiary alicyclic amines) is 1. The van der Waals surface area contributed by atoms with Crippen LogP contribution in [0.15, 0.2) is 66.9 Å². The largest absolute Gasteiger partial charge is 0.338 e. The lowest BCUT2D eigenvalue weighted by Crippen LogP contribution is -2.51. The van der Waals surface area contributed by atoms with E-state index in [1.165, 1.54) is 0 Å². The normalized spacial score (nSPS) is 19.3. The van der Waals surface area contributed by atoms with Crippen molar-refractivity contribution < 1.29 is 4.79 Å². The van der Waals surface area contributed by atoms with Crippen LogP contribution in [0, 0.1) is 0 Å². The minimum Gasteiger partial charge on any atom is -0.338 e. The number of aromatic nitrogens is 2. The maximum Gasteiger partial charge on any atom is 0.253 e. The van der Waals surface area contributed by atoms with Crippen LogP contribution in [0.1, 0.15) is 16.8 Å². The molecule has 2 fully saturated rings. The van der Waals surface area contributed by atoms with Gasteiger partial charge in [-0.15, -0.1) is 0 Å². The van der Waals surface area contributed by atoms with Gasteiger partial charge in [-0.3, -0.25) is 9.69 Å². The first-order valence-corrected chi connectivity index (χ1v) is 11.5. The Morgan fingerprint density at radius 2 is 1.66 bits per heavy atom. The van der Waals surface area contributed by atoms with E-state index in [9.17, 15) is 4.79 Å². The Morgan fingerprint density at radius 3 is 2.41 bits per heavy atom. The molecule has 0 radical (unpaired) electrons. The first-order valence-electron chi connectivity index (χ1n) is 11.1. The zero-order valence-corrected chi connectivity index (χ0v) is 18.7. The van der Waals surface area contributed by atoms with Crippen LogP contribution in [-0.4, -0.2) is 71.0 Å². The molecule has 0 N–H and O–H groups in total. The van der Waals surface area contributed by atoms with Crippen LogP contribution in [-0.2, 0) is 0 Å². The SMILES string of the molecule is O=C(c1ccc(Cl)cc1)N1CCC(N2CCN(c3nccc(-c4ccccc4)n3)CC2)C1. The minimum absolute atomic E-state index is 0.0916. The highest BCUT2D eigenvalue weighted by Gasteiger charge is 2.32. The summed E-state index contributed by atoms with van der Waals surface area (Å²) >= 11 is 5.95. The molecule has 6 nitrogen and oxygen atoms in total. The van der Waals surface area contributed by atoms with Crippen LogP contribution < -0.4 is 4.90 Å². The number of piperazine rings is 1. The van der Waals surface area contributed by atoms with Crippen LogP contribution in [0.3, 0.4) is 0 Å². The third-order valence-corrected chi connectivity index (χ3v) is 6.62. The van der Waals surface area contributed by atoms with E-state index in [1.807, 2.05) is 35.4 Å². The van der Waals surface area contributed by atoms with Gasteiger partial charge < -0.3 is 9.80 Å². The molecule has 0 bridgehead atoms. The number of nitrogens with zero attached hydrogens (tertiary/aromatic N) is 5. The smallest absolute Gasteiger partial charge is 0.253 e. The van der Waals surface area contributed by atoms with Gasteiger partial charge in [-0.2, -0.15) is 0 Å². The molecular formula is C25H26ClN5O. The molecule has 1 atom stereocenters. The molecule has 1 unspecified atom stereocenters. The van der Waals surface area contributed by atoms with Crippen molar-refractivity contribution in [3.8, 4) is 11.3 Å². The lowest BCUT2D eigenvalue weighted by atomic mass is 10.1. The number of halogens is 1. The van der Waals surface area contributed by atoms with Crippen molar-refractivity contribution in [3.05, 3.63) is 77.4 Å². The van der Waals surface area contributed by atoms with Crippen LogP contribution in [0.5, 0.6) is 0 Å². The molecule has 7 heteroatoms. The summed E-state index contributed by atoms with van der Waals surface area (Å²) in [6, 6.07) is 19.7. The van der Waals surface area contributed by atoms with Crippen molar-refractivity contribution in [1.29, 1.82) is 0 Å². The summed E-state index contributed by atoms with van der Waals surface area (Å²) in [5, 5.41) is 0.650. The van der Waals surface area contributed by atoms with Crippen molar-refractivity contribution in [3.63, 3.8) is 0 Å². The summed E-state index contributed by atoms with van der Waals surface area (Å²) in [5.41, 5.74) is 2.76. The summed E-state index contributed by atoms with van der Waals surface area (Å²) in [7, 11) is 0. The lowest BCUT2D eigenvalue weighted by Gasteiger charge is -2.38. The van der Waals surface area contributed by atoms with Gasteiger partial charge in [0.15, 0.2) is 0 Å². The van der Waals surface area contributed by atoms with E-state index < -0.39 is 0 Å². The summed E-state index contributed by atoms with van der Waals surface area (Å²) in [5.74, 6) is 0.880. The van der Waals surface area contributed by atoms with E-state index in [4.69, 9.17) is 16.6 Å². The van der Waals surface area contributed by atoms with E-state index in [2.05, 4.69) is 26.9 Å². The van der Waals surface area contributed by atoms with Gasteiger partial charge in [0.25, 0.3) is 5.91 Å². The van der Waals surface area contributed by atoms with Crippen molar-refractivity contribution in [2.45, 2.75) is 12.5 Å². The zero-order valence-electron chi connectivity index (χ0n) is 17.9. The average Bonchev–Trinajstić information content (AvgIpc) is 3.35. The molecule has 164 valence electrons. The molecule has 0 saturated carbocycles. The number of benzene rings is 2. The molecule has 3 aromatic rings. The summed E-state index contributed by atoms with van der Waals surface area (Å²) in [6.07, 6.45) is 2.85. The molecule has 1 amide bonds. The second kappa shape index (κ2) is 9.27. The Bertz CT molecular complexity index is 1070. The third-order valence-electron chi connectivity index (χ3n) is 6.37. The lowest BCUT2D eigenvalue weighted by molar-refractivity contribution is 0.0775. The molecule has 2 aliphatic rings. The number of anilines is 1. The van der Waals surface area contributed by atoms with E-state index >= 15 is 0 Å². The Balaban J connectivity index is 1.18.